The van der Waals surface area contributed by atoms with E-state index < -0.39 is 6.61 Å². The Balaban J connectivity index is 0.00000264. The van der Waals surface area contributed by atoms with Crippen LogP contribution in [0.2, 0.25) is 0 Å². The van der Waals surface area contributed by atoms with E-state index in [0.29, 0.717) is 12.5 Å². The molecule has 0 saturated carbocycles. The fraction of sp³-hybridized carbons (Fsp3) is 0.562. The molecule has 1 amide bonds. The first-order valence-corrected chi connectivity index (χ1v) is 7.64. The van der Waals surface area contributed by atoms with Crippen molar-refractivity contribution in [3.8, 4) is 5.75 Å². The number of alkyl halides is 2. The molecule has 1 fully saturated rings. The summed E-state index contributed by atoms with van der Waals surface area (Å²) in [4.78, 5) is 11.8. The van der Waals surface area contributed by atoms with Crippen molar-refractivity contribution in [2.24, 2.45) is 5.92 Å². The number of carbonyl (C=O) groups excluding carboxylic acids is 1. The molecule has 0 aromatic heterocycles. The quantitative estimate of drug-likeness (QED) is 0.796. The van der Waals surface area contributed by atoms with Gasteiger partial charge in [-0.15, -0.1) is 12.4 Å². The lowest BCUT2D eigenvalue weighted by Crippen LogP contribution is -2.33. The van der Waals surface area contributed by atoms with Gasteiger partial charge in [-0.1, -0.05) is 12.1 Å². The number of carbonyl (C=O) groups is 1. The Kier molecular flexibility index (Phi) is 8.87. The van der Waals surface area contributed by atoms with Gasteiger partial charge in [-0.3, -0.25) is 4.79 Å². The molecule has 2 rings (SSSR count). The Bertz CT molecular complexity index is 466. The minimum Gasteiger partial charge on any atom is -0.435 e. The van der Waals surface area contributed by atoms with Crippen LogP contribution in [-0.4, -0.2) is 32.2 Å². The second kappa shape index (κ2) is 10.4. The first-order valence-electron chi connectivity index (χ1n) is 7.64. The number of hydrogen-bond donors (Lipinski definition) is 2. The van der Waals surface area contributed by atoms with Crippen molar-refractivity contribution in [1.82, 2.24) is 10.6 Å². The lowest BCUT2D eigenvalue weighted by atomic mass is 9.96. The minimum absolute atomic E-state index is 0. The molecule has 0 bridgehead atoms. The summed E-state index contributed by atoms with van der Waals surface area (Å²) in [6.07, 6.45) is 3.65. The summed E-state index contributed by atoms with van der Waals surface area (Å²) in [5.74, 6) is 0.690. The number of amides is 1. The Labute approximate surface area is 141 Å². The van der Waals surface area contributed by atoms with Gasteiger partial charge in [0, 0.05) is 6.54 Å². The zero-order valence-electron chi connectivity index (χ0n) is 12.9. The molecule has 23 heavy (non-hydrogen) atoms. The Morgan fingerprint density at radius 3 is 2.70 bits per heavy atom. The molecule has 0 radical (unpaired) electrons. The topological polar surface area (TPSA) is 50.4 Å². The molecule has 0 aliphatic carbocycles. The highest BCUT2D eigenvalue weighted by atomic mass is 35.5. The van der Waals surface area contributed by atoms with Gasteiger partial charge >= 0.3 is 6.61 Å². The van der Waals surface area contributed by atoms with Crippen LogP contribution in [0.3, 0.4) is 0 Å². The fourth-order valence-corrected chi connectivity index (χ4v) is 2.62. The molecule has 7 heteroatoms. The van der Waals surface area contributed by atoms with Gasteiger partial charge < -0.3 is 15.4 Å². The highest BCUT2D eigenvalue weighted by Gasteiger charge is 2.13. The van der Waals surface area contributed by atoms with Crippen LogP contribution >= 0.6 is 12.4 Å². The molecule has 0 spiro atoms. The molecule has 1 aromatic rings. The van der Waals surface area contributed by atoms with Crippen molar-refractivity contribution in [3.63, 3.8) is 0 Å². The molecule has 4 nitrogen and oxygen atoms in total. The minimum atomic E-state index is -2.83. The van der Waals surface area contributed by atoms with E-state index in [9.17, 15) is 13.6 Å². The third-order valence-electron chi connectivity index (χ3n) is 3.79. The van der Waals surface area contributed by atoms with Gasteiger partial charge in [0.2, 0.25) is 5.91 Å². The predicted octanol–water partition coefficient (Wildman–Crippen LogP) is 2.76. The second-order valence-corrected chi connectivity index (χ2v) is 5.55. The summed E-state index contributed by atoms with van der Waals surface area (Å²) in [7, 11) is 0. The maximum absolute atomic E-state index is 12.0. The summed E-state index contributed by atoms with van der Waals surface area (Å²) in [6.45, 7) is -0.0312. The largest absolute Gasteiger partial charge is 0.435 e. The lowest BCUT2D eigenvalue weighted by Gasteiger charge is -2.22. The second-order valence-electron chi connectivity index (χ2n) is 5.55. The molecule has 2 N–H and O–H groups in total. The van der Waals surface area contributed by atoms with Crippen LogP contribution in [0.25, 0.3) is 0 Å². The SMILES string of the molecule is Cl.O=C(Cc1ccc(OC(F)F)cc1)NCCC1CCCNC1. The van der Waals surface area contributed by atoms with Crippen molar-refractivity contribution in [1.29, 1.82) is 0 Å². The smallest absolute Gasteiger partial charge is 0.387 e. The molecule has 1 aliphatic heterocycles. The summed E-state index contributed by atoms with van der Waals surface area (Å²) in [6, 6.07) is 6.15. The zero-order chi connectivity index (χ0) is 15.8. The van der Waals surface area contributed by atoms with Crippen molar-refractivity contribution < 1.29 is 18.3 Å². The Morgan fingerprint density at radius 2 is 2.09 bits per heavy atom. The van der Waals surface area contributed by atoms with Crippen LogP contribution in [0.4, 0.5) is 8.78 Å². The number of halogens is 3. The van der Waals surface area contributed by atoms with Gasteiger partial charge in [0.25, 0.3) is 0 Å². The molecule has 1 heterocycles. The highest BCUT2D eigenvalue weighted by Crippen LogP contribution is 2.15. The van der Waals surface area contributed by atoms with Crippen LogP contribution in [0.15, 0.2) is 24.3 Å². The summed E-state index contributed by atoms with van der Waals surface area (Å²) < 4.78 is 28.3. The van der Waals surface area contributed by atoms with Crippen molar-refractivity contribution in [3.05, 3.63) is 29.8 Å². The lowest BCUT2D eigenvalue weighted by molar-refractivity contribution is -0.120. The van der Waals surface area contributed by atoms with Gasteiger partial charge in [-0.2, -0.15) is 8.78 Å². The monoisotopic (exact) mass is 348 g/mol. The Morgan fingerprint density at radius 1 is 1.35 bits per heavy atom. The number of rotatable bonds is 7. The molecule has 1 aliphatic rings. The van der Waals surface area contributed by atoms with E-state index in [-0.39, 0.29) is 30.5 Å². The first-order chi connectivity index (χ1) is 10.6. The normalized spacial score (nSPS) is 17.4. The highest BCUT2D eigenvalue weighted by molar-refractivity contribution is 5.85. The maximum atomic E-state index is 12.0. The van der Waals surface area contributed by atoms with Crippen LogP contribution < -0.4 is 15.4 Å². The Hall–Kier alpha value is -1.40. The average Bonchev–Trinajstić information content (AvgIpc) is 2.50. The zero-order valence-corrected chi connectivity index (χ0v) is 13.7. The van der Waals surface area contributed by atoms with Gasteiger partial charge in [0.15, 0.2) is 0 Å². The van der Waals surface area contributed by atoms with Crippen LogP contribution in [0.5, 0.6) is 5.75 Å². The van der Waals surface area contributed by atoms with Gasteiger partial charge in [-0.05, 0) is 56.0 Å². The third kappa shape index (κ3) is 7.61. The summed E-state index contributed by atoms with van der Waals surface area (Å²) >= 11 is 0. The van der Waals surface area contributed by atoms with Gasteiger partial charge in [0.1, 0.15) is 5.75 Å². The molecule has 1 aromatic carbocycles. The van der Waals surface area contributed by atoms with Crippen LogP contribution in [0, 0.1) is 5.92 Å². The van der Waals surface area contributed by atoms with E-state index in [1.807, 2.05) is 0 Å². The number of piperidine rings is 1. The first kappa shape index (κ1) is 19.6. The third-order valence-corrected chi connectivity index (χ3v) is 3.79. The number of hydrogen-bond acceptors (Lipinski definition) is 3. The standard InChI is InChI=1S/C16H22F2N2O2.ClH/c17-16(18)22-14-5-3-12(4-6-14)10-15(21)20-9-7-13-2-1-8-19-11-13;/h3-6,13,16,19H,1-2,7-11H2,(H,20,21);1H. The van der Waals surface area contributed by atoms with E-state index in [2.05, 4.69) is 15.4 Å². The molecular weight excluding hydrogens is 326 g/mol. The number of nitrogens with one attached hydrogen (secondary N) is 2. The van der Waals surface area contributed by atoms with E-state index in [0.717, 1.165) is 25.1 Å². The van der Waals surface area contributed by atoms with Crippen molar-refractivity contribution >= 4 is 18.3 Å². The predicted molar refractivity (Wildman–Crippen MR) is 87.2 cm³/mol. The van der Waals surface area contributed by atoms with Crippen molar-refractivity contribution in [2.75, 3.05) is 19.6 Å². The van der Waals surface area contributed by atoms with Crippen LogP contribution in [0.1, 0.15) is 24.8 Å². The molecule has 1 saturated heterocycles. The molecule has 1 atom stereocenters. The van der Waals surface area contributed by atoms with E-state index in [4.69, 9.17) is 0 Å². The maximum Gasteiger partial charge on any atom is 0.387 e. The van der Waals surface area contributed by atoms with E-state index >= 15 is 0 Å². The van der Waals surface area contributed by atoms with E-state index in [1.54, 1.807) is 12.1 Å². The van der Waals surface area contributed by atoms with Gasteiger partial charge in [0.05, 0.1) is 6.42 Å². The van der Waals surface area contributed by atoms with E-state index in [1.165, 1.54) is 25.0 Å². The fourth-order valence-electron chi connectivity index (χ4n) is 2.62. The van der Waals surface area contributed by atoms with Crippen molar-refractivity contribution in [2.45, 2.75) is 32.3 Å². The molecular formula is C16H23ClF2N2O2. The molecule has 130 valence electrons. The van der Waals surface area contributed by atoms with Crippen LogP contribution in [-0.2, 0) is 11.2 Å². The van der Waals surface area contributed by atoms with Gasteiger partial charge in [-0.25, -0.2) is 0 Å². The molecule has 1 unspecified atom stereocenters. The number of ether oxygens (including phenoxy) is 1. The summed E-state index contributed by atoms with van der Waals surface area (Å²) in [5.41, 5.74) is 0.776. The average molecular weight is 349 g/mol. The summed E-state index contributed by atoms with van der Waals surface area (Å²) in [5, 5.41) is 6.26. The number of benzene rings is 1.